The summed E-state index contributed by atoms with van der Waals surface area (Å²) in [5.74, 6) is -1.10. The first-order valence-corrected chi connectivity index (χ1v) is 11.9. The molecule has 33 heavy (non-hydrogen) atoms. The lowest BCUT2D eigenvalue weighted by atomic mass is 9.85. The summed E-state index contributed by atoms with van der Waals surface area (Å²) in [6, 6.07) is 18.3. The number of thiazole rings is 1. The summed E-state index contributed by atoms with van der Waals surface area (Å²) in [6.07, 6.45) is 5.18. The van der Waals surface area contributed by atoms with Crippen LogP contribution in [0.15, 0.2) is 72.1 Å². The summed E-state index contributed by atoms with van der Waals surface area (Å²) in [5.41, 5.74) is 4.04. The summed E-state index contributed by atoms with van der Waals surface area (Å²) in [7, 11) is 0. The van der Waals surface area contributed by atoms with Gasteiger partial charge in [-0.3, -0.25) is 19.3 Å². The summed E-state index contributed by atoms with van der Waals surface area (Å²) < 4.78 is 0. The van der Waals surface area contributed by atoms with Crippen LogP contribution in [0.4, 0.5) is 5.13 Å². The van der Waals surface area contributed by atoms with Crippen LogP contribution in [0.25, 0.3) is 22.4 Å². The number of hydrogen-bond donors (Lipinski definition) is 1. The monoisotopic (exact) mass is 457 g/mol. The molecule has 0 saturated carbocycles. The van der Waals surface area contributed by atoms with Crippen molar-refractivity contribution >= 4 is 34.2 Å². The fraction of sp³-hybridized carbons (Fsp3) is 0.231. The van der Waals surface area contributed by atoms with E-state index >= 15 is 0 Å². The van der Waals surface area contributed by atoms with Crippen LogP contribution >= 0.6 is 11.3 Å². The Morgan fingerprint density at radius 1 is 0.909 bits per heavy atom. The zero-order valence-electron chi connectivity index (χ0n) is 17.9. The molecule has 7 heteroatoms. The lowest BCUT2D eigenvalue weighted by Crippen LogP contribution is -2.34. The number of nitrogens with one attached hydrogen (secondary N) is 1. The maximum atomic E-state index is 12.5. The van der Waals surface area contributed by atoms with Crippen molar-refractivity contribution in [3.63, 3.8) is 0 Å². The van der Waals surface area contributed by atoms with Crippen LogP contribution in [-0.2, 0) is 14.4 Å². The third kappa shape index (κ3) is 4.36. The molecule has 1 fully saturated rings. The van der Waals surface area contributed by atoms with Crippen molar-refractivity contribution in [2.24, 2.45) is 11.8 Å². The molecule has 0 radical (unpaired) electrons. The minimum atomic E-state index is -0.264. The highest BCUT2D eigenvalue weighted by atomic mass is 32.1. The molecule has 1 N–H and O–H groups in total. The first kappa shape index (κ1) is 21.3. The predicted octanol–water partition coefficient (Wildman–Crippen LogP) is 4.76. The van der Waals surface area contributed by atoms with E-state index in [1.165, 1.54) is 16.2 Å². The van der Waals surface area contributed by atoms with Crippen LogP contribution < -0.4 is 5.32 Å². The molecule has 5 rings (SSSR count). The van der Waals surface area contributed by atoms with Gasteiger partial charge >= 0.3 is 0 Å². The topological polar surface area (TPSA) is 79.4 Å². The second kappa shape index (κ2) is 9.11. The zero-order chi connectivity index (χ0) is 22.8. The molecule has 1 aromatic heterocycles. The van der Waals surface area contributed by atoms with Crippen LogP contribution in [0.5, 0.6) is 0 Å². The van der Waals surface area contributed by atoms with Gasteiger partial charge in [-0.15, -0.1) is 11.3 Å². The van der Waals surface area contributed by atoms with Gasteiger partial charge in [0.15, 0.2) is 5.13 Å². The van der Waals surface area contributed by atoms with E-state index in [-0.39, 0.29) is 42.5 Å². The molecule has 6 nitrogen and oxygen atoms in total. The van der Waals surface area contributed by atoms with Crippen molar-refractivity contribution in [3.05, 3.63) is 72.1 Å². The van der Waals surface area contributed by atoms with E-state index in [0.717, 1.165) is 22.4 Å². The van der Waals surface area contributed by atoms with Gasteiger partial charge in [0.25, 0.3) is 0 Å². The molecule has 0 bridgehead atoms. The summed E-state index contributed by atoms with van der Waals surface area (Å²) in [6.45, 7) is 0.107. The fourth-order valence-electron chi connectivity index (χ4n) is 4.41. The van der Waals surface area contributed by atoms with Gasteiger partial charge in [0.2, 0.25) is 17.7 Å². The molecule has 2 aliphatic rings. The largest absolute Gasteiger partial charge is 0.302 e. The molecule has 166 valence electrons. The first-order valence-electron chi connectivity index (χ1n) is 11.0. The lowest BCUT2D eigenvalue weighted by Gasteiger charge is -2.14. The Bertz CT molecular complexity index is 1190. The third-order valence-electron chi connectivity index (χ3n) is 6.20. The number of rotatable bonds is 6. The Hall–Kier alpha value is -3.58. The molecule has 0 unspecified atom stereocenters. The van der Waals surface area contributed by atoms with Gasteiger partial charge in [-0.2, -0.15) is 0 Å². The van der Waals surface area contributed by atoms with Gasteiger partial charge in [-0.05, 0) is 24.0 Å². The molecule has 1 aliphatic heterocycles. The number of anilines is 1. The van der Waals surface area contributed by atoms with Crippen molar-refractivity contribution < 1.29 is 14.4 Å². The number of carbonyl (C=O) groups excluding carboxylic acids is 3. The van der Waals surface area contributed by atoms with Crippen LogP contribution in [0, 0.1) is 11.8 Å². The van der Waals surface area contributed by atoms with E-state index in [1.807, 2.05) is 47.9 Å². The second-order valence-corrected chi connectivity index (χ2v) is 9.12. The van der Waals surface area contributed by atoms with E-state index in [2.05, 4.69) is 34.6 Å². The number of aromatic nitrogens is 1. The van der Waals surface area contributed by atoms with E-state index in [1.54, 1.807) is 0 Å². The summed E-state index contributed by atoms with van der Waals surface area (Å²) in [4.78, 5) is 43.3. The first-order chi connectivity index (χ1) is 16.1. The maximum Gasteiger partial charge on any atom is 0.233 e. The Morgan fingerprint density at radius 2 is 1.52 bits per heavy atom. The minimum absolute atomic E-state index is 0.0606. The Labute approximate surface area is 196 Å². The highest BCUT2D eigenvalue weighted by molar-refractivity contribution is 7.14. The molecule has 1 aliphatic carbocycles. The number of imide groups is 1. The SMILES string of the molecule is O=C(CCN1C(=O)[C@@H]2CC=CC[C@H]2C1=O)Nc1nc(-c2ccc(-c3ccccc3)cc2)cs1. The van der Waals surface area contributed by atoms with E-state index < -0.39 is 0 Å². The third-order valence-corrected chi connectivity index (χ3v) is 6.96. The van der Waals surface area contributed by atoms with E-state index in [9.17, 15) is 14.4 Å². The Morgan fingerprint density at radius 3 is 2.18 bits per heavy atom. The van der Waals surface area contributed by atoms with Crippen LogP contribution in [0.3, 0.4) is 0 Å². The molecule has 1 saturated heterocycles. The molecule has 2 aromatic carbocycles. The van der Waals surface area contributed by atoms with Gasteiger partial charge in [-0.25, -0.2) is 4.98 Å². The summed E-state index contributed by atoms with van der Waals surface area (Å²) >= 11 is 1.35. The van der Waals surface area contributed by atoms with Crippen LogP contribution in [-0.4, -0.2) is 34.2 Å². The van der Waals surface area contributed by atoms with Gasteiger partial charge in [0.05, 0.1) is 17.5 Å². The quantitative estimate of drug-likeness (QED) is 0.428. The number of fused-ring (bicyclic) bond motifs is 1. The lowest BCUT2D eigenvalue weighted by molar-refractivity contribution is -0.140. The highest BCUT2D eigenvalue weighted by Gasteiger charge is 2.46. The standard InChI is InChI=1S/C26H23N3O3S/c30-23(14-15-29-24(31)20-8-4-5-9-21(20)25(29)32)28-26-27-22(16-33-26)19-12-10-18(11-13-19)17-6-2-1-3-7-17/h1-7,10-13,16,20-21H,8-9,14-15H2,(H,27,28,30)/t20-,21-/m1/s1. The number of likely N-dealkylation sites (tertiary alicyclic amines) is 1. The molecular weight excluding hydrogens is 434 g/mol. The number of benzene rings is 2. The number of nitrogens with zero attached hydrogens (tertiary/aromatic N) is 2. The van der Waals surface area contributed by atoms with Crippen LogP contribution in [0.2, 0.25) is 0 Å². The van der Waals surface area contributed by atoms with Crippen LogP contribution in [0.1, 0.15) is 19.3 Å². The molecular formula is C26H23N3O3S. The number of allylic oxidation sites excluding steroid dienone is 2. The normalized spacial score (nSPS) is 19.6. The minimum Gasteiger partial charge on any atom is -0.302 e. The number of amides is 3. The predicted molar refractivity (Wildman–Crippen MR) is 128 cm³/mol. The molecule has 3 aromatic rings. The Balaban J connectivity index is 1.18. The fourth-order valence-corrected chi connectivity index (χ4v) is 5.15. The van der Waals surface area contributed by atoms with Crippen molar-refractivity contribution in [1.29, 1.82) is 0 Å². The highest BCUT2D eigenvalue weighted by Crippen LogP contribution is 2.35. The van der Waals surface area contributed by atoms with Gasteiger partial charge < -0.3 is 5.32 Å². The second-order valence-electron chi connectivity index (χ2n) is 8.26. The average Bonchev–Trinajstić information content (AvgIpc) is 3.41. The van der Waals surface area contributed by atoms with E-state index in [0.29, 0.717) is 18.0 Å². The smallest absolute Gasteiger partial charge is 0.233 e. The van der Waals surface area contributed by atoms with Crippen molar-refractivity contribution in [2.75, 3.05) is 11.9 Å². The average molecular weight is 458 g/mol. The zero-order valence-corrected chi connectivity index (χ0v) is 18.8. The molecule has 2 atom stereocenters. The van der Waals surface area contributed by atoms with E-state index in [4.69, 9.17) is 0 Å². The number of carbonyl (C=O) groups is 3. The Kier molecular flexibility index (Phi) is 5.88. The maximum absolute atomic E-state index is 12.5. The van der Waals surface area contributed by atoms with Gasteiger partial charge in [0, 0.05) is 23.9 Å². The number of hydrogen-bond acceptors (Lipinski definition) is 5. The molecule has 3 amide bonds. The summed E-state index contributed by atoms with van der Waals surface area (Å²) in [5, 5.41) is 5.19. The van der Waals surface area contributed by atoms with Crippen molar-refractivity contribution in [3.8, 4) is 22.4 Å². The molecule has 2 heterocycles. The van der Waals surface area contributed by atoms with Gasteiger partial charge in [0.1, 0.15) is 0 Å². The van der Waals surface area contributed by atoms with Gasteiger partial charge in [-0.1, -0.05) is 66.7 Å². The van der Waals surface area contributed by atoms with Crippen molar-refractivity contribution in [1.82, 2.24) is 9.88 Å². The van der Waals surface area contributed by atoms with Crippen molar-refractivity contribution in [2.45, 2.75) is 19.3 Å². The molecule has 0 spiro atoms.